The summed E-state index contributed by atoms with van der Waals surface area (Å²) in [5.41, 5.74) is -0.333. The maximum absolute atomic E-state index is 12.0. The first-order chi connectivity index (χ1) is 8.41. The molecule has 1 fully saturated rings. The van der Waals surface area contributed by atoms with Crippen molar-refractivity contribution < 1.29 is 19.4 Å². The molecule has 1 heterocycles. The summed E-state index contributed by atoms with van der Waals surface area (Å²) in [5, 5.41) is 11.4. The van der Waals surface area contributed by atoms with Crippen LogP contribution >= 0.6 is 0 Å². The summed E-state index contributed by atoms with van der Waals surface area (Å²) in [5.74, 6) is -1.00. The lowest BCUT2D eigenvalue weighted by Gasteiger charge is -2.39. The summed E-state index contributed by atoms with van der Waals surface area (Å²) in [7, 11) is 1.63. The number of hydrogen-bond donors (Lipinski definition) is 2. The Labute approximate surface area is 107 Å². The molecule has 0 spiro atoms. The van der Waals surface area contributed by atoms with Crippen LogP contribution in [0.4, 0.5) is 4.79 Å². The number of urea groups is 1. The highest BCUT2D eigenvalue weighted by Crippen LogP contribution is 2.23. The molecule has 0 aromatic heterocycles. The lowest BCUT2D eigenvalue weighted by molar-refractivity contribution is -0.139. The predicted octanol–water partition coefficient (Wildman–Crippen LogP) is 1.06. The van der Waals surface area contributed by atoms with Gasteiger partial charge in [0, 0.05) is 13.7 Å². The predicted molar refractivity (Wildman–Crippen MR) is 66.5 cm³/mol. The van der Waals surface area contributed by atoms with E-state index in [0.29, 0.717) is 19.5 Å². The van der Waals surface area contributed by atoms with Gasteiger partial charge in [-0.3, -0.25) is 0 Å². The summed E-state index contributed by atoms with van der Waals surface area (Å²) in [6.07, 6.45) is 2.14. The number of likely N-dealkylation sites (tertiary alicyclic amines) is 1. The van der Waals surface area contributed by atoms with Gasteiger partial charge in [0.25, 0.3) is 0 Å². The van der Waals surface area contributed by atoms with Gasteiger partial charge in [-0.15, -0.1) is 0 Å². The summed E-state index contributed by atoms with van der Waals surface area (Å²) in [6.45, 7) is 4.82. The van der Waals surface area contributed by atoms with Crippen LogP contribution in [0.1, 0.15) is 33.1 Å². The van der Waals surface area contributed by atoms with Gasteiger partial charge in [0.2, 0.25) is 0 Å². The van der Waals surface area contributed by atoms with Crippen LogP contribution in [0.15, 0.2) is 0 Å². The normalized spacial score (nSPS) is 25.6. The summed E-state index contributed by atoms with van der Waals surface area (Å²) in [6, 6.07) is -1.15. The van der Waals surface area contributed by atoms with E-state index >= 15 is 0 Å². The van der Waals surface area contributed by atoms with Crippen molar-refractivity contribution in [2.75, 3.05) is 20.2 Å². The number of rotatable bonds is 4. The monoisotopic (exact) mass is 258 g/mol. The van der Waals surface area contributed by atoms with E-state index in [0.717, 1.165) is 12.8 Å². The van der Waals surface area contributed by atoms with Crippen LogP contribution in [0, 0.1) is 0 Å². The fourth-order valence-electron chi connectivity index (χ4n) is 2.12. The number of carboxylic acid groups (broad SMARTS) is 1. The molecule has 0 aromatic carbocycles. The van der Waals surface area contributed by atoms with E-state index < -0.39 is 12.0 Å². The molecule has 2 N–H and O–H groups in total. The Bertz CT molecular complexity index is 321. The summed E-state index contributed by atoms with van der Waals surface area (Å²) < 4.78 is 5.40. The zero-order chi connectivity index (χ0) is 13.8. The van der Waals surface area contributed by atoms with Crippen molar-refractivity contribution in [3.63, 3.8) is 0 Å². The molecule has 0 radical (unpaired) electrons. The van der Waals surface area contributed by atoms with Crippen molar-refractivity contribution in [3.8, 4) is 0 Å². The van der Waals surface area contributed by atoms with E-state index in [2.05, 4.69) is 5.32 Å². The number of carboxylic acids is 1. The Balaban J connectivity index is 2.59. The fraction of sp³-hybridized carbons (Fsp3) is 0.833. The molecule has 0 aromatic rings. The number of methoxy groups -OCH3 is 1. The van der Waals surface area contributed by atoms with E-state index in [1.807, 2.05) is 6.92 Å². The Kier molecular flexibility index (Phi) is 4.95. The third-order valence-corrected chi connectivity index (χ3v) is 3.44. The molecule has 18 heavy (non-hydrogen) atoms. The highest BCUT2D eigenvalue weighted by atomic mass is 16.5. The lowest BCUT2D eigenvalue weighted by Crippen LogP contribution is -2.55. The van der Waals surface area contributed by atoms with Crippen molar-refractivity contribution in [1.82, 2.24) is 10.2 Å². The zero-order valence-electron chi connectivity index (χ0n) is 11.2. The molecule has 1 saturated heterocycles. The van der Waals surface area contributed by atoms with Crippen molar-refractivity contribution in [3.05, 3.63) is 0 Å². The van der Waals surface area contributed by atoms with Crippen molar-refractivity contribution in [2.24, 2.45) is 0 Å². The lowest BCUT2D eigenvalue weighted by atomic mass is 9.95. The Morgan fingerprint density at radius 1 is 1.56 bits per heavy atom. The van der Waals surface area contributed by atoms with E-state index in [-0.39, 0.29) is 11.6 Å². The van der Waals surface area contributed by atoms with Gasteiger partial charge in [-0.05, 0) is 26.2 Å². The van der Waals surface area contributed by atoms with Crippen LogP contribution in [-0.4, -0.2) is 53.8 Å². The third-order valence-electron chi connectivity index (χ3n) is 3.44. The van der Waals surface area contributed by atoms with Gasteiger partial charge in [0.05, 0.1) is 12.1 Å². The molecule has 0 aliphatic carbocycles. The SMILES string of the molecule is CC[C@@H](NC(=O)N1CCCC(C)(OC)C1)C(=O)O. The van der Waals surface area contributed by atoms with Crippen molar-refractivity contribution in [1.29, 1.82) is 0 Å². The Morgan fingerprint density at radius 2 is 2.22 bits per heavy atom. The van der Waals surface area contributed by atoms with Crippen LogP contribution in [0.2, 0.25) is 0 Å². The second-order valence-electron chi connectivity index (χ2n) is 4.93. The smallest absolute Gasteiger partial charge is 0.326 e. The van der Waals surface area contributed by atoms with Gasteiger partial charge >= 0.3 is 12.0 Å². The topological polar surface area (TPSA) is 78.9 Å². The molecule has 1 aliphatic heterocycles. The minimum atomic E-state index is -1.00. The minimum Gasteiger partial charge on any atom is -0.480 e. The van der Waals surface area contributed by atoms with Crippen LogP contribution in [0.3, 0.4) is 0 Å². The van der Waals surface area contributed by atoms with E-state index in [9.17, 15) is 9.59 Å². The molecule has 0 bridgehead atoms. The number of piperidine rings is 1. The second-order valence-corrected chi connectivity index (χ2v) is 4.93. The Hall–Kier alpha value is -1.30. The fourth-order valence-corrected chi connectivity index (χ4v) is 2.12. The number of nitrogens with zero attached hydrogens (tertiary/aromatic N) is 1. The molecule has 6 nitrogen and oxygen atoms in total. The first kappa shape index (κ1) is 14.8. The number of nitrogens with one attached hydrogen (secondary N) is 1. The van der Waals surface area contributed by atoms with Crippen molar-refractivity contribution >= 4 is 12.0 Å². The van der Waals surface area contributed by atoms with Gasteiger partial charge in [-0.2, -0.15) is 0 Å². The average Bonchev–Trinajstić information content (AvgIpc) is 2.35. The molecule has 2 atom stereocenters. The Morgan fingerprint density at radius 3 is 2.72 bits per heavy atom. The molecule has 0 saturated carbocycles. The van der Waals surface area contributed by atoms with Gasteiger partial charge < -0.3 is 20.1 Å². The first-order valence-electron chi connectivity index (χ1n) is 6.25. The quantitative estimate of drug-likeness (QED) is 0.790. The summed E-state index contributed by atoms with van der Waals surface area (Å²) in [4.78, 5) is 24.5. The van der Waals surface area contributed by atoms with E-state index in [4.69, 9.17) is 9.84 Å². The van der Waals surface area contributed by atoms with Gasteiger partial charge in [0.1, 0.15) is 6.04 Å². The molecule has 1 aliphatic rings. The van der Waals surface area contributed by atoms with Crippen LogP contribution in [0.5, 0.6) is 0 Å². The van der Waals surface area contributed by atoms with Crippen LogP contribution < -0.4 is 5.32 Å². The molecule has 1 rings (SSSR count). The van der Waals surface area contributed by atoms with Crippen LogP contribution in [0.25, 0.3) is 0 Å². The van der Waals surface area contributed by atoms with Gasteiger partial charge in [-0.25, -0.2) is 9.59 Å². The standard InChI is InChI=1S/C12H22N2O4/c1-4-9(10(15)16)13-11(17)14-7-5-6-12(2,8-14)18-3/h9H,4-8H2,1-3H3,(H,13,17)(H,15,16)/t9-,12?/m1/s1. The number of amides is 2. The highest BCUT2D eigenvalue weighted by molar-refractivity contribution is 5.82. The molecular formula is C12H22N2O4. The molecule has 2 amide bonds. The number of carbonyl (C=O) groups excluding carboxylic acids is 1. The number of ether oxygens (including phenoxy) is 1. The molecular weight excluding hydrogens is 236 g/mol. The zero-order valence-corrected chi connectivity index (χ0v) is 11.2. The largest absolute Gasteiger partial charge is 0.480 e. The van der Waals surface area contributed by atoms with Crippen LogP contribution in [-0.2, 0) is 9.53 Å². The van der Waals surface area contributed by atoms with Crippen molar-refractivity contribution in [2.45, 2.75) is 44.8 Å². The number of carbonyl (C=O) groups is 2. The first-order valence-corrected chi connectivity index (χ1v) is 6.25. The highest BCUT2D eigenvalue weighted by Gasteiger charge is 2.33. The van der Waals surface area contributed by atoms with E-state index in [1.54, 1.807) is 18.9 Å². The third kappa shape index (κ3) is 3.60. The van der Waals surface area contributed by atoms with E-state index in [1.165, 1.54) is 0 Å². The van der Waals surface area contributed by atoms with Gasteiger partial charge in [-0.1, -0.05) is 6.92 Å². The molecule has 6 heteroatoms. The number of aliphatic carboxylic acids is 1. The summed E-state index contributed by atoms with van der Waals surface area (Å²) >= 11 is 0. The molecule has 1 unspecified atom stereocenters. The maximum atomic E-state index is 12.0. The average molecular weight is 258 g/mol. The number of hydrogen-bond acceptors (Lipinski definition) is 3. The minimum absolute atomic E-state index is 0.327. The second kappa shape index (κ2) is 6.04. The maximum Gasteiger partial charge on any atom is 0.326 e. The van der Waals surface area contributed by atoms with Gasteiger partial charge in [0.15, 0.2) is 0 Å². The molecule has 104 valence electrons.